The minimum Gasteiger partial charge on any atom is -0.465 e. The van der Waals surface area contributed by atoms with E-state index in [0.29, 0.717) is 37.0 Å². The van der Waals surface area contributed by atoms with E-state index in [2.05, 4.69) is 4.98 Å². The normalized spacial score (nSPS) is 15.1. The van der Waals surface area contributed by atoms with Gasteiger partial charge >= 0.3 is 12.1 Å². The predicted octanol–water partition coefficient (Wildman–Crippen LogP) is 4.38. The largest absolute Gasteiger partial charge is 0.465 e. The standard InChI is InChI=1S/C23H30N2O5/c1-16-19(24-21(29-16)18-8-6-5-7-9-18)14-20(26)28-15-17-10-12-25(13-11-17)22(27)30-23(2,3)4/h5-9,17H,10-15H2,1-4H3. The fourth-order valence-corrected chi connectivity index (χ4v) is 3.30. The number of esters is 1. The lowest BCUT2D eigenvalue weighted by molar-refractivity contribution is -0.144. The van der Waals surface area contributed by atoms with Gasteiger partial charge in [-0.1, -0.05) is 18.2 Å². The average molecular weight is 415 g/mol. The third-order valence-corrected chi connectivity index (χ3v) is 4.97. The highest BCUT2D eigenvalue weighted by atomic mass is 16.6. The number of carbonyl (C=O) groups excluding carboxylic acids is 2. The van der Waals surface area contributed by atoms with E-state index >= 15 is 0 Å². The molecular weight excluding hydrogens is 384 g/mol. The van der Waals surface area contributed by atoms with Crippen LogP contribution in [0.15, 0.2) is 34.7 Å². The van der Waals surface area contributed by atoms with E-state index in [1.807, 2.05) is 51.1 Å². The molecule has 3 rings (SSSR count). The van der Waals surface area contributed by atoms with Gasteiger partial charge in [-0.3, -0.25) is 4.79 Å². The second-order valence-electron chi connectivity index (χ2n) is 8.66. The molecule has 2 aromatic rings. The molecule has 1 fully saturated rings. The number of aryl methyl sites for hydroxylation is 1. The zero-order valence-electron chi connectivity index (χ0n) is 18.1. The maximum Gasteiger partial charge on any atom is 0.410 e. The van der Waals surface area contributed by atoms with Crippen molar-refractivity contribution in [2.45, 2.75) is 52.6 Å². The number of aromatic nitrogens is 1. The number of hydrogen-bond acceptors (Lipinski definition) is 6. The molecule has 1 amide bonds. The van der Waals surface area contributed by atoms with Crippen LogP contribution in [0.5, 0.6) is 0 Å². The monoisotopic (exact) mass is 414 g/mol. The first-order chi connectivity index (χ1) is 14.2. The van der Waals surface area contributed by atoms with E-state index in [-0.39, 0.29) is 24.4 Å². The van der Waals surface area contributed by atoms with Gasteiger partial charge in [-0.25, -0.2) is 9.78 Å². The molecule has 30 heavy (non-hydrogen) atoms. The molecule has 1 aromatic carbocycles. The van der Waals surface area contributed by atoms with Gasteiger partial charge in [0, 0.05) is 18.7 Å². The highest BCUT2D eigenvalue weighted by Crippen LogP contribution is 2.23. The van der Waals surface area contributed by atoms with Crippen LogP contribution in [0.3, 0.4) is 0 Å². The van der Waals surface area contributed by atoms with Gasteiger partial charge in [-0.15, -0.1) is 0 Å². The van der Waals surface area contributed by atoms with Crippen molar-refractivity contribution in [3.8, 4) is 11.5 Å². The summed E-state index contributed by atoms with van der Waals surface area (Å²) in [4.78, 5) is 30.6. The van der Waals surface area contributed by atoms with Crippen molar-refractivity contribution in [3.05, 3.63) is 41.8 Å². The number of amides is 1. The Hall–Kier alpha value is -2.83. The van der Waals surface area contributed by atoms with Gasteiger partial charge in [0.2, 0.25) is 5.89 Å². The third kappa shape index (κ3) is 6.08. The SMILES string of the molecule is Cc1oc(-c2ccccc2)nc1CC(=O)OCC1CCN(C(=O)OC(C)(C)C)CC1. The first-order valence-electron chi connectivity index (χ1n) is 10.4. The summed E-state index contributed by atoms with van der Waals surface area (Å²) >= 11 is 0. The summed E-state index contributed by atoms with van der Waals surface area (Å²) in [5.74, 6) is 1.05. The molecular formula is C23H30N2O5. The van der Waals surface area contributed by atoms with Crippen molar-refractivity contribution >= 4 is 12.1 Å². The summed E-state index contributed by atoms with van der Waals surface area (Å²) in [5, 5.41) is 0. The fraction of sp³-hybridized carbons (Fsp3) is 0.522. The van der Waals surface area contributed by atoms with Gasteiger partial charge < -0.3 is 18.8 Å². The van der Waals surface area contributed by atoms with Crippen LogP contribution in [-0.4, -0.2) is 47.2 Å². The zero-order valence-corrected chi connectivity index (χ0v) is 18.1. The van der Waals surface area contributed by atoms with Crippen LogP contribution in [0.4, 0.5) is 4.79 Å². The molecule has 0 radical (unpaired) electrons. The van der Waals surface area contributed by atoms with E-state index < -0.39 is 5.60 Å². The Morgan fingerprint density at radius 3 is 2.47 bits per heavy atom. The summed E-state index contributed by atoms with van der Waals surface area (Å²) in [6.07, 6.45) is 1.37. The van der Waals surface area contributed by atoms with Crippen LogP contribution in [-0.2, 0) is 20.7 Å². The Kier molecular flexibility index (Phi) is 6.80. The number of benzene rings is 1. The molecule has 1 aliphatic rings. The Morgan fingerprint density at radius 2 is 1.83 bits per heavy atom. The highest BCUT2D eigenvalue weighted by Gasteiger charge is 2.27. The van der Waals surface area contributed by atoms with Crippen LogP contribution in [0.2, 0.25) is 0 Å². The molecule has 0 unspecified atom stereocenters. The molecule has 7 heteroatoms. The Morgan fingerprint density at radius 1 is 1.17 bits per heavy atom. The van der Waals surface area contributed by atoms with Crippen LogP contribution in [0.1, 0.15) is 45.1 Å². The minimum absolute atomic E-state index is 0.0823. The number of hydrogen-bond donors (Lipinski definition) is 0. The van der Waals surface area contributed by atoms with Crippen molar-refractivity contribution in [1.29, 1.82) is 0 Å². The summed E-state index contributed by atoms with van der Waals surface area (Å²) in [7, 11) is 0. The molecule has 2 heterocycles. The summed E-state index contributed by atoms with van der Waals surface area (Å²) in [6.45, 7) is 8.95. The topological polar surface area (TPSA) is 81.9 Å². The maximum absolute atomic E-state index is 12.3. The van der Waals surface area contributed by atoms with Crippen LogP contribution < -0.4 is 0 Å². The van der Waals surface area contributed by atoms with Crippen LogP contribution in [0, 0.1) is 12.8 Å². The summed E-state index contributed by atoms with van der Waals surface area (Å²) < 4.78 is 16.6. The minimum atomic E-state index is -0.497. The van der Waals surface area contributed by atoms with E-state index in [1.54, 1.807) is 11.8 Å². The van der Waals surface area contributed by atoms with E-state index in [1.165, 1.54) is 0 Å². The molecule has 0 atom stereocenters. The maximum atomic E-state index is 12.3. The molecule has 7 nitrogen and oxygen atoms in total. The lowest BCUT2D eigenvalue weighted by atomic mass is 9.98. The van der Waals surface area contributed by atoms with Crippen molar-refractivity contribution < 1.29 is 23.5 Å². The predicted molar refractivity (Wildman–Crippen MR) is 112 cm³/mol. The molecule has 0 aliphatic carbocycles. The van der Waals surface area contributed by atoms with Crippen LogP contribution in [0.25, 0.3) is 11.5 Å². The fourth-order valence-electron chi connectivity index (χ4n) is 3.30. The summed E-state index contributed by atoms with van der Waals surface area (Å²) in [5.41, 5.74) is 0.971. The van der Waals surface area contributed by atoms with Gasteiger partial charge in [-0.2, -0.15) is 0 Å². The Labute approximate surface area is 177 Å². The third-order valence-electron chi connectivity index (χ3n) is 4.97. The number of carbonyl (C=O) groups is 2. The first kappa shape index (κ1) is 21.9. The lowest BCUT2D eigenvalue weighted by Gasteiger charge is -2.33. The van der Waals surface area contributed by atoms with E-state index in [4.69, 9.17) is 13.9 Å². The Balaban J connectivity index is 1.44. The van der Waals surface area contributed by atoms with E-state index in [0.717, 1.165) is 18.4 Å². The molecule has 0 N–H and O–H groups in total. The number of likely N-dealkylation sites (tertiary alicyclic amines) is 1. The second-order valence-corrected chi connectivity index (χ2v) is 8.66. The van der Waals surface area contributed by atoms with Gasteiger partial charge in [0.1, 0.15) is 11.4 Å². The molecule has 1 saturated heterocycles. The highest BCUT2D eigenvalue weighted by molar-refractivity contribution is 5.72. The van der Waals surface area contributed by atoms with Crippen molar-refractivity contribution in [1.82, 2.24) is 9.88 Å². The second kappa shape index (κ2) is 9.32. The number of rotatable bonds is 5. The van der Waals surface area contributed by atoms with Gasteiger partial charge in [0.25, 0.3) is 0 Å². The first-order valence-corrected chi connectivity index (χ1v) is 10.4. The molecule has 1 aromatic heterocycles. The molecule has 0 saturated carbocycles. The van der Waals surface area contributed by atoms with E-state index in [9.17, 15) is 9.59 Å². The molecule has 0 bridgehead atoms. The smallest absolute Gasteiger partial charge is 0.410 e. The number of piperidine rings is 1. The average Bonchev–Trinajstić information content (AvgIpc) is 3.06. The number of ether oxygens (including phenoxy) is 2. The van der Waals surface area contributed by atoms with Crippen molar-refractivity contribution in [2.75, 3.05) is 19.7 Å². The quantitative estimate of drug-likeness (QED) is 0.675. The number of nitrogens with zero attached hydrogens (tertiary/aromatic N) is 2. The molecule has 162 valence electrons. The van der Waals surface area contributed by atoms with Crippen molar-refractivity contribution in [2.24, 2.45) is 5.92 Å². The number of oxazole rings is 1. The van der Waals surface area contributed by atoms with Crippen molar-refractivity contribution in [3.63, 3.8) is 0 Å². The lowest BCUT2D eigenvalue weighted by Crippen LogP contribution is -2.42. The zero-order chi connectivity index (χ0) is 21.7. The van der Waals surface area contributed by atoms with Gasteiger partial charge in [0.05, 0.1) is 18.7 Å². The molecule has 0 spiro atoms. The molecule has 1 aliphatic heterocycles. The summed E-state index contributed by atoms with van der Waals surface area (Å²) in [6, 6.07) is 9.58. The van der Waals surface area contributed by atoms with Gasteiger partial charge in [0.15, 0.2) is 0 Å². The van der Waals surface area contributed by atoms with Gasteiger partial charge in [-0.05, 0) is 58.6 Å². The van der Waals surface area contributed by atoms with Crippen LogP contribution >= 0.6 is 0 Å². The Bertz CT molecular complexity index is 861.